The molecule has 0 saturated carbocycles. The van der Waals surface area contributed by atoms with Gasteiger partial charge in [0, 0.05) is 22.8 Å². The summed E-state index contributed by atoms with van der Waals surface area (Å²) in [5.74, 6) is -0.0766. The van der Waals surface area contributed by atoms with Gasteiger partial charge < -0.3 is 15.7 Å². The van der Waals surface area contributed by atoms with Crippen LogP contribution >= 0.6 is 11.6 Å². The number of anilines is 1. The van der Waals surface area contributed by atoms with Crippen LogP contribution in [0.4, 0.5) is 10.5 Å². The molecule has 0 aromatic heterocycles. The molecule has 0 aliphatic carbocycles. The average molecular weight is 333 g/mol. The van der Waals surface area contributed by atoms with Crippen molar-refractivity contribution in [1.29, 1.82) is 0 Å². The third-order valence-corrected chi connectivity index (χ3v) is 3.49. The molecule has 0 aliphatic heterocycles. The fourth-order valence-electron chi connectivity index (χ4n) is 1.98. The number of aliphatic hydroxyl groups excluding tert-OH is 1. The summed E-state index contributed by atoms with van der Waals surface area (Å²) >= 11 is 5.78. The lowest BCUT2D eigenvalue weighted by molar-refractivity contribution is 0.101. The normalized spacial score (nSPS) is 11.6. The van der Waals surface area contributed by atoms with Crippen LogP contribution in [-0.2, 0) is 0 Å². The Kier molecular flexibility index (Phi) is 5.73. The molecule has 0 fully saturated rings. The highest BCUT2D eigenvalue weighted by molar-refractivity contribution is 6.30. The van der Waals surface area contributed by atoms with Crippen molar-refractivity contribution in [2.45, 2.75) is 13.0 Å². The molecule has 5 nitrogen and oxygen atoms in total. The maximum atomic E-state index is 11.8. The van der Waals surface area contributed by atoms with Crippen molar-refractivity contribution in [3.63, 3.8) is 0 Å². The summed E-state index contributed by atoms with van der Waals surface area (Å²) in [5.41, 5.74) is 1.69. The summed E-state index contributed by atoms with van der Waals surface area (Å²) in [6.45, 7) is 1.52. The molecule has 0 heterocycles. The lowest BCUT2D eigenvalue weighted by Crippen LogP contribution is -2.32. The molecular formula is C17H17ClN2O3. The Bertz CT molecular complexity index is 701. The van der Waals surface area contributed by atoms with Crippen molar-refractivity contribution in [2.75, 3.05) is 11.9 Å². The number of carbonyl (C=O) groups excluding carboxylic acids is 2. The van der Waals surface area contributed by atoms with E-state index in [-0.39, 0.29) is 12.3 Å². The Morgan fingerprint density at radius 1 is 1.17 bits per heavy atom. The van der Waals surface area contributed by atoms with Gasteiger partial charge in [-0.25, -0.2) is 4.79 Å². The van der Waals surface area contributed by atoms with Crippen LogP contribution in [0.3, 0.4) is 0 Å². The SMILES string of the molecule is CC(=O)c1cccc(NC(=O)NCC(O)c2ccc(Cl)cc2)c1. The van der Waals surface area contributed by atoms with E-state index in [2.05, 4.69) is 10.6 Å². The topological polar surface area (TPSA) is 78.4 Å². The van der Waals surface area contributed by atoms with Crippen molar-refractivity contribution in [2.24, 2.45) is 0 Å². The smallest absolute Gasteiger partial charge is 0.319 e. The quantitative estimate of drug-likeness (QED) is 0.734. The Labute approximate surface area is 139 Å². The Morgan fingerprint density at radius 3 is 2.52 bits per heavy atom. The van der Waals surface area contributed by atoms with Gasteiger partial charge in [-0.3, -0.25) is 4.79 Å². The van der Waals surface area contributed by atoms with Gasteiger partial charge in [0.1, 0.15) is 0 Å². The molecule has 1 atom stereocenters. The van der Waals surface area contributed by atoms with E-state index in [9.17, 15) is 14.7 Å². The molecule has 120 valence electrons. The van der Waals surface area contributed by atoms with E-state index >= 15 is 0 Å². The third-order valence-electron chi connectivity index (χ3n) is 3.24. The van der Waals surface area contributed by atoms with Gasteiger partial charge >= 0.3 is 6.03 Å². The first-order valence-corrected chi connectivity index (χ1v) is 7.43. The van der Waals surface area contributed by atoms with Gasteiger partial charge in [0.25, 0.3) is 0 Å². The summed E-state index contributed by atoms with van der Waals surface area (Å²) in [4.78, 5) is 23.2. The summed E-state index contributed by atoms with van der Waals surface area (Å²) in [5, 5.41) is 15.8. The van der Waals surface area contributed by atoms with Crippen LogP contribution in [0.25, 0.3) is 0 Å². The number of aliphatic hydroxyl groups is 1. The van der Waals surface area contributed by atoms with Crippen molar-refractivity contribution in [1.82, 2.24) is 5.32 Å². The molecular weight excluding hydrogens is 316 g/mol. The minimum absolute atomic E-state index is 0.0554. The second kappa shape index (κ2) is 7.76. The van der Waals surface area contributed by atoms with Crippen molar-refractivity contribution >= 4 is 29.1 Å². The third kappa shape index (κ3) is 5.09. The number of urea groups is 1. The first kappa shape index (κ1) is 17.0. The zero-order valence-electron chi connectivity index (χ0n) is 12.5. The second-order valence-corrected chi connectivity index (χ2v) is 5.48. The lowest BCUT2D eigenvalue weighted by atomic mass is 10.1. The van der Waals surface area contributed by atoms with Crippen molar-refractivity contribution in [3.8, 4) is 0 Å². The molecule has 23 heavy (non-hydrogen) atoms. The minimum atomic E-state index is -0.832. The number of Topliss-reactive ketones (excluding diaryl/α,β-unsaturated/α-hetero) is 1. The van der Waals surface area contributed by atoms with E-state index in [0.717, 1.165) is 0 Å². The molecule has 2 aromatic carbocycles. The van der Waals surface area contributed by atoms with Gasteiger partial charge in [-0.2, -0.15) is 0 Å². The van der Waals surface area contributed by atoms with E-state index in [1.165, 1.54) is 6.92 Å². The highest BCUT2D eigenvalue weighted by atomic mass is 35.5. The Balaban J connectivity index is 1.88. The molecule has 3 N–H and O–H groups in total. The monoisotopic (exact) mass is 332 g/mol. The minimum Gasteiger partial charge on any atom is -0.387 e. The molecule has 0 saturated heterocycles. The molecule has 0 spiro atoms. The zero-order valence-corrected chi connectivity index (χ0v) is 13.3. The number of nitrogens with one attached hydrogen (secondary N) is 2. The molecule has 2 amide bonds. The van der Waals surface area contributed by atoms with E-state index in [4.69, 9.17) is 11.6 Å². The van der Waals surface area contributed by atoms with Crippen LogP contribution in [0.15, 0.2) is 48.5 Å². The van der Waals surface area contributed by atoms with E-state index < -0.39 is 12.1 Å². The molecule has 0 radical (unpaired) electrons. The zero-order chi connectivity index (χ0) is 16.8. The maximum absolute atomic E-state index is 11.8. The Hall–Kier alpha value is -2.37. The number of carbonyl (C=O) groups is 2. The molecule has 6 heteroatoms. The van der Waals surface area contributed by atoms with Gasteiger partial charge in [0.15, 0.2) is 5.78 Å². The predicted octanol–water partition coefficient (Wildman–Crippen LogP) is 3.40. The van der Waals surface area contributed by atoms with Crippen molar-refractivity contribution in [3.05, 3.63) is 64.7 Å². The largest absolute Gasteiger partial charge is 0.387 e. The number of halogens is 1. The molecule has 0 bridgehead atoms. The summed E-state index contributed by atoms with van der Waals surface area (Å²) in [6, 6.07) is 12.9. The van der Waals surface area contributed by atoms with Crippen LogP contribution in [-0.4, -0.2) is 23.5 Å². The number of benzene rings is 2. The van der Waals surface area contributed by atoms with Crippen molar-refractivity contribution < 1.29 is 14.7 Å². The van der Waals surface area contributed by atoms with Gasteiger partial charge in [-0.1, -0.05) is 35.9 Å². The van der Waals surface area contributed by atoms with Gasteiger partial charge in [0.05, 0.1) is 6.10 Å². The van der Waals surface area contributed by atoms with E-state index in [0.29, 0.717) is 21.8 Å². The summed E-state index contributed by atoms with van der Waals surface area (Å²) in [7, 11) is 0. The standard InChI is InChI=1S/C17H17ClN2O3/c1-11(21)13-3-2-4-15(9-13)20-17(23)19-10-16(22)12-5-7-14(18)8-6-12/h2-9,16,22H,10H2,1H3,(H2,19,20,23). The fraction of sp³-hybridized carbons (Fsp3) is 0.176. The highest BCUT2D eigenvalue weighted by Gasteiger charge is 2.10. The Morgan fingerprint density at radius 2 is 1.87 bits per heavy atom. The van der Waals surface area contributed by atoms with E-state index in [1.54, 1.807) is 48.5 Å². The summed E-state index contributed by atoms with van der Waals surface area (Å²) in [6.07, 6.45) is -0.832. The number of amides is 2. The molecule has 1 unspecified atom stereocenters. The second-order valence-electron chi connectivity index (χ2n) is 5.04. The van der Waals surface area contributed by atoms with Crippen LogP contribution in [0.2, 0.25) is 5.02 Å². The van der Waals surface area contributed by atoms with E-state index in [1.807, 2.05) is 0 Å². The lowest BCUT2D eigenvalue weighted by Gasteiger charge is -2.13. The fourth-order valence-corrected chi connectivity index (χ4v) is 2.11. The first-order valence-electron chi connectivity index (χ1n) is 7.05. The van der Waals surface area contributed by atoms with Crippen LogP contribution in [0.1, 0.15) is 28.9 Å². The number of hydrogen-bond donors (Lipinski definition) is 3. The molecule has 2 aromatic rings. The number of ketones is 1. The van der Waals surface area contributed by atoms with Gasteiger partial charge in [-0.15, -0.1) is 0 Å². The predicted molar refractivity (Wildman–Crippen MR) is 89.9 cm³/mol. The van der Waals surface area contributed by atoms with Gasteiger partial charge in [-0.05, 0) is 36.8 Å². The molecule has 0 aliphatic rings. The molecule has 2 rings (SSSR count). The van der Waals surface area contributed by atoms with Crippen LogP contribution in [0, 0.1) is 0 Å². The number of hydrogen-bond acceptors (Lipinski definition) is 3. The first-order chi connectivity index (χ1) is 11.0. The summed E-state index contributed by atoms with van der Waals surface area (Å²) < 4.78 is 0. The number of rotatable bonds is 5. The maximum Gasteiger partial charge on any atom is 0.319 e. The van der Waals surface area contributed by atoms with Crippen LogP contribution < -0.4 is 10.6 Å². The highest BCUT2D eigenvalue weighted by Crippen LogP contribution is 2.16. The average Bonchev–Trinajstić information content (AvgIpc) is 2.53. The van der Waals surface area contributed by atoms with Gasteiger partial charge in [0.2, 0.25) is 0 Å². The van der Waals surface area contributed by atoms with Crippen LogP contribution in [0.5, 0.6) is 0 Å².